The Morgan fingerprint density at radius 2 is 1.95 bits per heavy atom. The number of anilines is 2. The van der Waals surface area contributed by atoms with Crippen molar-refractivity contribution in [2.75, 3.05) is 5.32 Å². The lowest BCUT2D eigenvalue weighted by Gasteiger charge is -2.20. The van der Waals surface area contributed by atoms with E-state index in [2.05, 4.69) is 25.8 Å². The second-order valence-corrected chi connectivity index (χ2v) is 5.44. The van der Waals surface area contributed by atoms with Crippen LogP contribution in [0.4, 0.5) is 11.6 Å². The van der Waals surface area contributed by atoms with E-state index >= 15 is 0 Å². The van der Waals surface area contributed by atoms with Gasteiger partial charge >= 0.3 is 0 Å². The van der Waals surface area contributed by atoms with Crippen molar-refractivity contribution in [1.82, 2.24) is 20.4 Å². The topological polar surface area (TPSA) is 92.9 Å². The largest absolute Gasteiger partial charge is 0.360 e. The van der Waals surface area contributed by atoms with E-state index in [1.807, 2.05) is 20.8 Å². The van der Waals surface area contributed by atoms with Crippen molar-refractivity contribution < 1.29 is 9.32 Å². The molecule has 0 aromatic carbocycles. The molecular formula is C13H17N5O2. The SMILES string of the molecule is Cc1cc(Nc2cc(C(=O)NC(C)(C)C)ncn2)no1. The Balaban J connectivity index is 2.13. The summed E-state index contributed by atoms with van der Waals surface area (Å²) in [6.45, 7) is 7.51. The standard InChI is InChI=1S/C13H17N5O2/c1-8-5-11(18-20-8)16-10-6-9(14-7-15-10)12(19)17-13(2,3)4/h5-7H,1-4H3,(H,17,19)(H,14,15,16,18). The molecule has 0 aliphatic rings. The van der Waals surface area contributed by atoms with Crippen molar-refractivity contribution in [2.45, 2.75) is 33.2 Å². The van der Waals surface area contributed by atoms with E-state index in [0.29, 0.717) is 17.4 Å². The summed E-state index contributed by atoms with van der Waals surface area (Å²) in [5.41, 5.74) is -0.0311. The van der Waals surface area contributed by atoms with Gasteiger partial charge in [0.05, 0.1) is 0 Å². The highest BCUT2D eigenvalue weighted by atomic mass is 16.5. The number of aryl methyl sites for hydroxylation is 1. The van der Waals surface area contributed by atoms with Crippen LogP contribution in [0.1, 0.15) is 37.0 Å². The number of hydrogen-bond donors (Lipinski definition) is 2. The third kappa shape index (κ3) is 3.78. The molecule has 0 spiro atoms. The Hall–Kier alpha value is -2.44. The van der Waals surface area contributed by atoms with Crippen molar-refractivity contribution in [3.63, 3.8) is 0 Å². The van der Waals surface area contributed by atoms with Crippen LogP contribution in [0.15, 0.2) is 23.0 Å². The van der Waals surface area contributed by atoms with E-state index in [1.165, 1.54) is 6.33 Å². The van der Waals surface area contributed by atoms with E-state index < -0.39 is 0 Å². The first-order valence-electron chi connectivity index (χ1n) is 6.18. The average Bonchev–Trinajstić information content (AvgIpc) is 2.73. The molecule has 2 N–H and O–H groups in total. The molecule has 2 heterocycles. The molecule has 2 aromatic rings. The quantitative estimate of drug-likeness (QED) is 0.890. The Labute approximate surface area is 116 Å². The fraction of sp³-hybridized carbons (Fsp3) is 0.385. The maximum atomic E-state index is 12.0. The van der Waals surface area contributed by atoms with Crippen molar-refractivity contribution in [3.05, 3.63) is 29.9 Å². The summed E-state index contributed by atoms with van der Waals surface area (Å²) >= 11 is 0. The molecule has 0 aliphatic heterocycles. The number of carbonyl (C=O) groups excluding carboxylic acids is 1. The minimum absolute atomic E-state index is 0.251. The summed E-state index contributed by atoms with van der Waals surface area (Å²) in [5, 5.41) is 9.58. The Morgan fingerprint density at radius 3 is 2.55 bits per heavy atom. The predicted octanol–water partition coefficient (Wildman–Crippen LogP) is 2.04. The second-order valence-electron chi connectivity index (χ2n) is 5.44. The monoisotopic (exact) mass is 275 g/mol. The lowest BCUT2D eigenvalue weighted by Crippen LogP contribution is -2.40. The molecule has 1 amide bonds. The maximum Gasteiger partial charge on any atom is 0.270 e. The van der Waals surface area contributed by atoms with Gasteiger partial charge in [-0.25, -0.2) is 9.97 Å². The van der Waals surface area contributed by atoms with E-state index in [4.69, 9.17) is 4.52 Å². The fourth-order valence-corrected chi connectivity index (χ4v) is 1.51. The minimum atomic E-state index is -0.321. The van der Waals surface area contributed by atoms with Crippen LogP contribution in [-0.4, -0.2) is 26.6 Å². The molecule has 0 fully saturated rings. The van der Waals surface area contributed by atoms with Crippen molar-refractivity contribution in [2.24, 2.45) is 0 Å². The van der Waals surface area contributed by atoms with E-state index in [-0.39, 0.29) is 17.1 Å². The summed E-state index contributed by atoms with van der Waals surface area (Å²) in [6.07, 6.45) is 1.33. The summed E-state index contributed by atoms with van der Waals surface area (Å²) < 4.78 is 4.95. The van der Waals surface area contributed by atoms with Crippen molar-refractivity contribution in [1.29, 1.82) is 0 Å². The van der Waals surface area contributed by atoms with Crippen LogP contribution in [0.2, 0.25) is 0 Å². The molecule has 7 heteroatoms. The van der Waals surface area contributed by atoms with Gasteiger partial charge in [0.1, 0.15) is 23.6 Å². The number of nitrogens with zero attached hydrogens (tertiary/aromatic N) is 3. The van der Waals surface area contributed by atoms with Gasteiger partial charge in [0.15, 0.2) is 5.82 Å². The number of amides is 1. The molecule has 0 unspecified atom stereocenters. The fourth-order valence-electron chi connectivity index (χ4n) is 1.51. The second kappa shape index (κ2) is 5.28. The predicted molar refractivity (Wildman–Crippen MR) is 73.8 cm³/mol. The average molecular weight is 275 g/mol. The van der Waals surface area contributed by atoms with Gasteiger partial charge < -0.3 is 15.2 Å². The third-order valence-electron chi connectivity index (χ3n) is 2.27. The van der Waals surface area contributed by atoms with Gasteiger partial charge in [-0.2, -0.15) is 0 Å². The third-order valence-corrected chi connectivity index (χ3v) is 2.27. The molecule has 0 saturated heterocycles. The molecule has 0 radical (unpaired) electrons. The van der Waals surface area contributed by atoms with Gasteiger partial charge in [0, 0.05) is 17.7 Å². The van der Waals surface area contributed by atoms with Crippen LogP contribution < -0.4 is 10.6 Å². The first-order chi connectivity index (χ1) is 9.33. The molecule has 2 rings (SSSR count). The number of nitrogens with one attached hydrogen (secondary N) is 2. The maximum absolute atomic E-state index is 12.0. The molecule has 0 atom stereocenters. The van der Waals surface area contributed by atoms with Gasteiger partial charge in [-0.1, -0.05) is 5.16 Å². The molecule has 20 heavy (non-hydrogen) atoms. The van der Waals surface area contributed by atoms with Crippen LogP contribution in [0.3, 0.4) is 0 Å². The Morgan fingerprint density at radius 1 is 1.20 bits per heavy atom. The van der Waals surface area contributed by atoms with Crippen molar-refractivity contribution >= 4 is 17.5 Å². The van der Waals surface area contributed by atoms with Gasteiger partial charge in [-0.15, -0.1) is 0 Å². The number of rotatable bonds is 3. The van der Waals surface area contributed by atoms with E-state index in [1.54, 1.807) is 19.1 Å². The van der Waals surface area contributed by atoms with E-state index in [0.717, 1.165) is 0 Å². The highest BCUT2D eigenvalue weighted by Crippen LogP contribution is 2.14. The molecule has 0 bridgehead atoms. The zero-order valence-electron chi connectivity index (χ0n) is 11.9. The molecular weight excluding hydrogens is 258 g/mol. The van der Waals surface area contributed by atoms with Gasteiger partial charge in [0.25, 0.3) is 5.91 Å². The first-order valence-corrected chi connectivity index (χ1v) is 6.18. The molecule has 0 aliphatic carbocycles. The smallest absolute Gasteiger partial charge is 0.270 e. The summed E-state index contributed by atoms with van der Waals surface area (Å²) in [5.74, 6) is 1.45. The minimum Gasteiger partial charge on any atom is -0.360 e. The van der Waals surface area contributed by atoms with Crippen LogP contribution in [0.5, 0.6) is 0 Å². The van der Waals surface area contributed by atoms with Crippen LogP contribution in [-0.2, 0) is 0 Å². The molecule has 2 aromatic heterocycles. The number of carbonyl (C=O) groups is 1. The summed E-state index contributed by atoms with van der Waals surface area (Å²) in [6, 6.07) is 3.29. The zero-order chi connectivity index (χ0) is 14.8. The number of aromatic nitrogens is 3. The first kappa shape index (κ1) is 14.0. The Bertz CT molecular complexity index is 615. The van der Waals surface area contributed by atoms with E-state index in [9.17, 15) is 4.79 Å². The highest BCUT2D eigenvalue weighted by Gasteiger charge is 2.16. The summed E-state index contributed by atoms with van der Waals surface area (Å²) in [7, 11) is 0. The van der Waals surface area contributed by atoms with Gasteiger partial charge in [-0.05, 0) is 27.7 Å². The molecule has 0 saturated carbocycles. The molecule has 106 valence electrons. The molecule has 7 nitrogen and oxygen atoms in total. The summed E-state index contributed by atoms with van der Waals surface area (Å²) in [4.78, 5) is 20.0. The lowest BCUT2D eigenvalue weighted by atomic mass is 10.1. The van der Waals surface area contributed by atoms with Gasteiger partial charge in [-0.3, -0.25) is 4.79 Å². The number of hydrogen-bond acceptors (Lipinski definition) is 6. The van der Waals surface area contributed by atoms with Crippen LogP contribution in [0.25, 0.3) is 0 Å². The van der Waals surface area contributed by atoms with Crippen LogP contribution in [0, 0.1) is 6.92 Å². The normalized spacial score (nSPS) is 11.2. The van der Waals surface area contributed by atoms with Crippen molar-refractivity contribution in [3.8, 4) is 0 Å². The Kier molecular flexibility index (Phi) is 3.69. The highest BCUT2D eigenvalue weighted by molar-refractivity contribution is 5.93. The zero-order valence-corrected chi connectivity index (χ0v) is 11.9. The van der Waals surface area contributed by atoms with Gasteiger partial charge in [0.2, 0.25) is 0 Å². The lowest BCUT2D eigenvalue weighted by molar-refractivity contribution is 0.0914. The van der Waals surface area contributed by atoms with Crippen LogP contribution >= 0.6 is 0 Å².